The number of ketones is 1. The Kier molecular flexibility index (Phi) is 7.05. The van der Waals surface area contributed by atoms with Crippen molar-refractivity contribution in [1.29, 1.82) is 0 Å². The van der Waals surface area contributed by atoms with Crippen molar-refractivity contribution in [3.63, 3.8) is 0 Å². The Labute approximate surface area is 138 Å². The van der Waals surface area contributed by atoms with E-state index in [1.54, 1.807) is 0 Å². The number of hydrogen-bond acceptors (Lipinski definition) is 2. The highest BCUT2D eigenvalue weighted by molar-refractivity contribution is 5.83. The number of allylic oxidation sites excluding steroid dienone is 1. The van der Waals surface area contributed by atoms with Crippen LogP contribution in [0.4, 0.5) is 0 Å². The average Bonchev–Trinajstić information content (AvgIpc) is 2.90. The molecule has 0 unspecified atom stereocenters. The zero-order valence-corrected chi connectivity index (χ0v) is 13.6. The highest BCUT2D eigenvalue weighted by atomic mass is 16.4. The summed E-state index contributed by atoms with van der Waals surface area (Å²) in [6, 6.07) is 10.2. The van der Waals surface area contributed by atoms with Crippen molar-refractivity contribution >= 4 is 17.8 Å². The maximum Gasteiger partial charge on any atom is 0.303 e. The van der Waals surface area contributed by atoms with Crippen molar-refractivity contribution in [3.8, 4) is 0 Å². The summed E-state index contributed by atoms with van der Waals surface area (Å²) >= 11 is 0. The molecule has 0 radical (unpaired) electrons. The van der Waals surface area contributed by atoms with Gasteiger partial charge in [0.05, 0.1) is 0 Å². The largest absolute Gasteiger partial charge is 0.481 e. The highest BCUT2D eigenvalue weighted by Crippen LogP contribution is 2.34. The second kappa shape index (κ2) is 9.29. The number of hydrogen-bond donors (Lipinski definition) is 1. The molecule has 3 nitrogen and oxygen atoms in total. The molecule has 3 heteroatoms. The standard InChI is InChI=1S/C20H26O3/c21-19-15-14-17(13-12-16-8-4-3-5-9-16)18(19)10-6-1-2-7-11-20(22)23/h3-5,8-9,12-13,17-18H,1-2,6-7,10-11,14-15H2,(H,22,23)/t17-,18+/m1/s1. The predicted molar refractivity (Wildman–Crippen MR) is 92.0 cm³/mol. The third-order valence-electron chi connectivity index (χ3n) is 4.65. The van der Waals surface area contributed by atoms with Crippen molar-refractivity contribution in [3.05, 3.63) is 42.0 Å². The average molecular weight is 314 g/mol. The van der Waals surface area contributed by atoms with Crippen LogP contribution in [0.25, 0.3) is 6.08 Å². The molecule has 1 saturated carbocycles. The van der Waals surface area contributed by atoms with Gasteiger partial charge in [0.1, 0.15) is 5.78 Å². The fraction of sp³-hybridized carbons (Fsp3) is 0.500. The smallest absolute Gasteiger partial charge is 0.303 e. The number of rotatable bonds is 9. The summed E-state index contributed by atoms with van der Waals surface area (Å²) in [6.45, 7) is 0. The summed E-state index contributed by atoms with van der Waals surface area (Å²) in [4.78, 5) is 22.6. The van der Waals surface area contributed by atoms with E-state index in [1.165, 1.54) is 5.56 Å². The van der Waals surface area contributed by atoms with E-state index in [2.05, 4.69) is 24.3 Å². The number of carbonyl (C=O) groups is 2. The molecule has 1 aromatic carbocycles. The van der Waals surface area contributed by atoms with Crippen LogP contribution >= 0.6 is 0 Å². The minimum atomic E-state index is -0.720. The number of unbranched alkanes of at least 4 members (excludes halogenated alkanes) is 3. The van der Waals surface area contributed by atoms with Crippen LogP contribution in [0.1, 0.15) is 56.9 Å². The predicted octanol–water partition coefficient (Wildman–Crippen LogP) is 4.72. The minimum absolute atomic E-state index is 0.162. The normalized spacial score (nSPS) is 21.1. The van der Waals surface area contributed by atoms with Gasteiger partial charge in [-0.1, -0.05) is 61.7 Å². The molecule has 2 rings (SSSR count). The second-order valence-corrected chi connectivity index (χ2v) is 6.39. The Morgan fingerprint density at radius 2 is 1.87 bits per heavy atom. The van der Waals surface area contributed by atoms with Crippen LogP contribution in [0.2, 0.25) is 0 Å². The summed E-state index contributed by atoms with van der Waals surface area (Å²) in [5.41, 5.74) is 1.18. The van der Waals surface area contributed by atoms with E-state index in [0.29, 0.717) is 18.1 Å². The van der Waals surface area contributed by atoms with Crippen LogP contribution in [0.15, 0.2) is 36.4 Å². The van der Waals surface area contributed by atoms with Crippen molar-refractivity contribution < 1.29 is 14.7 Å². The van der Waals surface area contributed by atoms with Gasteiger partial charge in [0.2, 0.25) is 0 Å². The van der Waals surface area contributed by atoms with Crippen molar-refractivity contribution in [2.24, 2.45) is 11.8 Å². The lowest BCUT2D eigenvalue weighted by Gasteiger charge is -2.14. The summed E-state index contributed by atoms with van der Waals surface area (Å²) in [6.07, 6.45) is 10.9. The molecule has 0 amide bonds. The van der Waals surface area contributed by atoms with Crippen LogP contribution in [0.5, 0.6) is 0 Å². The second-order valence-electron chi connectivity index (χ2n) is 6.39. The molecule has 0 heterocycles. The first kappa shape index (κ1) is 17.5. The maximum atomic E-state index is 12.1. The van der Waals surface area contributed by atoms with E-state index in [-0.39, 0.29) is 12.3 Å². The van der Waals surface area contributed by atoms with Gasteiger partial charge < -0.3 is 5.11 Å². The third kappa shape index (κ3) is 6.01. The molecule has 0 saturated heterocycles. The van der Waals surface area contributed by atoms with Crippen LogP contribution in [0.3, 0.4) is 0 Å². The van der Waals surface area contributed by atoms with Crippen LogP contribution in [-0.4, -0.2) is 16.9 Å². The molecule has 0 aliphatic heterocycles. The molecule has 2 atom stereocenters. The van der Waals surface area contributed by atoms with Crippen LogP contribution < -0.4 is 0 Å². The Morgan fingerprint density at radius 3 is 2.61 bits per heavy atom. The van der Waals surface area contributed by atoms with E-state index in [1.807, 2.05) is 18.2 Å². The Balaban J connectivity index is 1.76. The van der Waals surface area contributed by atoms with Gasteiger partial charge in [-0.3, -0.25) is 9.59 Å². The van der Waals surface area contributed by atoms with Gasteiger partial charge in [-0.05, 0) is 30.7 Å². The van der Waals surface area contributed by atoms with Gasteiger partial charge in [0, 0.05) is 18.8 Å². The third-order valence-corrected chi connectivity index (χ3v) is 4.65. The minimum Gasteiger partial charge on any atom is -0.481 e. The molecule has 124 valence electrons. The van der Waals surface area contributed by atoms with Gasteiger partial charge >= 0.3 is 5.97 Å². The molecular formula is C20H26O3. The Morgan fingerprint density at radius 1 is 1.13 bits per heavy atom. The lowest BCUT2D eigenvalue weighted by Crippen LogP contribution is -2.13. The lowest BCUT2D eigenvalue weighted by molar-refractivity contribution is -0.137. The molecule has 23 heavy (non-hydrogen) atoms. The highest BCUT2D eigenvalue weighted by Gasteiger charge is 2.32. The van der Waals surface area contributed by atoms with Gasteiger partial charge in [-0.25, -0.2) is 0 Å². The number of carbonyl (C=O) groups excluding carboxylic acids is 1. The molecule has 1 fully saturated rings. The van der Waals surface area contributed by atoms with Gasteiger partial charge in [0.25, 0.3) is 0 Å². The van der Waals surface area contributed by atoms with Crippen LogP contribution in [0, 0.1) is 11.8 Å². The summed E-state index contributed by atoms with van der Waals surface area (Å²) in [5.74, 6) is 0.205. The topological polar surface area (TPSA) is 54.4 Å². The number of carboxylic acids is 1. The number of carboxylic acid groups (broad SMARTS) is 1. The van der Waals surface area contributed by atoms with Crippen molar-refractivity contribution in [2.75, 3.05) is 0 Å². The summed E-state index contributed by atoms with van der Waals surface area (Å²) in [7, 11) is 0. The van der Waals surface area contributed by atoms with Crippen molar-refractivity contribution in [1.82, 2.24) is 0 Å². The number of Topliss-reactive ketones (excluding diaryl/α,β-unsaturated/α-hetero) is 1. The summed E-state index contributed by atoms with van der Waals surface area (Å²) < 4.78 is 0. The first-order valence-corrected chi connectivity index (χ1v) is 8.64. The molecule has 1 aliphatic carbocycles. The molecule has 0 spiro atoms. The first-order chi connectivity index (χ1) is 11.2. The quantitative estimate of drug-likeness (QED) is 0.671. The van der Waals surface area contributed by atoms with E-state index in [0.717, 1.165) is 38.5 Å². The van der Waals surface area contributed by atoms with Gasteiger partial charge in [0.15, 0.2) is 0 Å². The molecule has 1 aromatic rings. The molecule has 1 N–H and O–H groups in total. The van der Waals surface area contributed by atoms with E-state index in [4.69, 9.17) is 5.11 Å². The fourth-order valence-corrected chi connectivity index (χ4v) is 3.33. The molecule has 0 aromatic heterocycles. The van der Waals surface area contributed by atoms with E-state index >= 15 is 0 Å². The first-order valence-electron chi connectivity index (χ1n) is 8.64. The van der Waals surface area contributed by atoms with E-state index < -0.39 is 5.97 Å². The summed E-state index contributed by atoms with van der Waals surface area (Å²) in [5, 5.41) is 8.61. The van der Waals surface area contributed by atoms with Gasteiger partial charge in [-0.15, -0.1) is 0 Å². The Bertz CT molecular complexity index is 533. The maximum absolute atomic E-state index is 12.1. The van der Waals surface area contributed by atoms with Crippen LogP contribution in [-0.2, 0) is 9.59 Å². The van der Waals surface area contributed by atoms with Gasteiger partial charge in [-0.2, -0.15) is 0 Å². The fourth-order valence-electron chi connectivity index (χ4n) is 3.33. The molecule has 0 bridgehead atoms. The SMILES string of the molecule is O=C(O)CCCCCC[C@@H]1C(=O)CC[C@H]1C=Cc1ccccc1. The zero-order chi connectivity index (χ0) is 16.5. The Hall–Kier alpha value is -1.90. The van der Waals surface area contributed by atoms with E-state index in [9.17, 15) is 9.59 Å². The lowest BCUT2D eigenvalue weighted by atomic mass is 9.89. The molecular weight excluding hydrogens is 288 g/mol. The number of aliphatic carboxylic acids is 1. The van der Waals surface area contributed by atoms with Crippen molar-refractivity contribution in [2.45, 2.75) is 51.4 Å². The zero-order valence-electron chi connectivity index (χ0n) is 13.6. The monoisotopic (exact) mass is 314 g/mol. The molecule has 1 aliphatic rings. The number of benzene rings is 1.